The highest BCUT2D eigenvalue weighted by Crippen LogP contribution is 2.31. The zero-order valence-electron chi connectivity index (χ0n) is 15.3. The minimum Gasteiger partial charge on any atom is -0.491 e. The number of ether oxygens (including phenoxy) is 2. The van der Waals surface area contributed by atoms with E-state index >= 15 is 0 Å². The topological polar surface area (TPSA) is 34.6 Å². The summed E-state index contributed by atoms with van der Waals surface area (Å²) in [5, 5.41) is 0. The molecule has 1 aliphatic heterocycles. The molecule has 2 atom stereocenters. The summed E-state index contributed by atoms with van der Waals surface area (Å²) in [6.07, 6.45) is 5.85. The van der Waals surface area contributed by atoms with Gasteiger partial charge in [0.2, 0.25) is 0 Å². The van der Waals surface area contributed by atoms with Crippen LogP contribution in [0.3, 0.4) is 0 Å². The van der Waals surface area contributed by atoms with Gasteiger partial charge in [0, 0.05) is 18.1 Å². The first-order valence-electron chi connectivity index (χ1n) is 9.44. The number of hydrogen-bond donors (Lipinski definition) is 0. The second-order valence-electron chi connectivity index (χ2n) is 6.75. The van der Waals surface area contributed by atoms with Gasteiger partial charge in [0.15, 0.2) is 0 Å². The Kier molecular flexibility index (Phi) is 5.53. The zero-order chi connectivity index (χ0) is 18.3. The van der Waals surface area contributed by atoms with E-state index in [9.17, 15) is 0 Å². The van der Waals surface area contributed by atoms with Gasteiger partial charge in [-0.15, -0.1) is 0 Å². The van der Waals surface area contributed by atoms with Crippen LogP contribution in [0.2, 0.25) is 0 Å². The average Bonchev–Trinajstić information content (AvgIpc) is 3.16. The Balaban J connectivity index is 1.46. The summed E-state index contributed by atoms with van der Waals surface area (Å²) in [5.41, 5.74) is 1.17. The van der Waals surface area contributed by atoms with E-state index in [0.717, 1.165) is 24.3 Å². The quantitative estimate of drug-likeness (QED) is 0.618. The number of hydrogen-bond acceptors (Lipinski definition) is 4. The Hall–Kier alpha value is -3.01. The molecule has 0 N–H and O–H groups in total. The standard InChI is InChI=1S/C23H24N2O2/c1-3-7-22(8-4-1)26-17-20-11-12-21(18-27-23-9-5-2-6-10-23)25(20)19-13-15-24-16-14-19/h1-10,13-16,20-21H,11-12,17-18H2/t20-,21-/m1/s1. The maximum absolute atomic E-state index is 6.05. The first kappa shape index (κ1) is 17.4. The van der Waals surface area contributed by atoms with Gasteiger partial charge in [-0.1, -0.05) is 36.4 Å². The third-order valence-corrected chi connectivity index (χ3v) is 4.95. The molecule has 0 unspecified atom stereocenters. The molecule has 3 aromatic rings. The molecule has 0 spiro atoms. The molecule has 0 radical (unpaired) electrons. The maximum Gasteiger partial charge on any atom is 0.119 e. The van der Waals surface area contributed by atoms with Crippen molar-refractivity contribution in [3.05, 3.63) is 85.2 Å². The molecule has 4 nitrogen and oxygen atoms in total. The van der Waals surface area contributed by atoms with Crippen LogP contribution in [0, 0.1) is 0 Å². The third kappa shape index (κ3) is 4.40. The largest absolute Gasteiger partial charge is 0.491 e. The molecule has 138 valence electrons. The molecule has 0 saturated carbocycles. The van der Waals surface area contributed by atoms with Crippen molar-refractivity contribution in [3.63, 3.8) is 0 Å². The number of benzene rings is 2. The van der Waals surface area contributed by atoms with Gasteiger partial charge in [-0.05, 0) is 49.2 Å². The van der Waals surface area contributed by atoms with Crippen LogP contribution >= 0.6 is 0 Å². The van der Waals surface area contributed by atoms with Gasteiger partial charge in [0.1, 0.15) is 24.7 Å². The minimum absolute atomic E-state index is 0.317. The van der Waals surface area contributed by atoms with Crippen molar-refractivity contribution in [3.8, 4) is 11.5 Å². The van der Waals surface area contributed by atoms with Gasteiger partial charge < -0.3 is 14.4 Å². The predicted molar refractivity (Wildman–Crippen MR) is 107 cm³/mol. The van der Waals surface area contributed by atoms with Crippen LogP contribution in [-0.4, -0.2) is 30.3 Å². The first-order valence-corrected chi connectivity index (χ1v) is 9.44. The molecule has 27 heavy (non-hydrogen) atoms. The van der Waals surface area contributed by atoms with Crippen LogP contribution in [0.15, 0.2) is 85.2 Å². The highest BCUT2D eigenvalue weighted by atomic mass is 16.5. The molecule has 1 saturated heterocycles. The minimum atomic E-state index is 0.317. The predicted octanol–water partition coefficient (Wildman–Crippen LogP) is 4.58. The van der Waals surface area contributed by atoms with Gasteiger partial charge in [0.05, 0.1) is 12.1 Å². The summed E-state index contributed by atoms with van der Waals surface area (Å²) < 4.78 is 12.1. The molecule has 4 heteroatoms. The highest BCUT2D eigenvalue weighted by molar-refractivity contribution is 5.48. The molecule has 1 aromatic heterocycles. The lowest BCUT2D eigenvalue weighted by Crippen LogP contribution is -2.42. The molecule has 1 aliphatic rings. The number of nitrogens with zero attached hydrogens (tertiary/aromatic N) is 2. The van der Waals surface area contributed by atoms with Crippen molar-refractivity contribution in [1.82, 2.24) is 4.98 Å². The van der Waals surface area contributed by atoms with Crippen LogP contribution < -0.4 is 14.4 Å². The van der Waals surface area contributed by atoms with Crippen molar-refractivity contribution >= 4 is 5.69 Å². The summed E-state index contributed by atoms with van der Waals surface area (Å²) in [6, 6.07) is 24.8. The molecule has 0 amide bonds. The maximum atomic E-state index is 6.05. The Bertz CT molecular complexity index is 760. The number of aromatic nitrogens is 1. The van der Waals surface area contributed by atoms with E-state index in [1.165, 1.54) is 5.69 Å². The lowest BCUT2D eigenvalue weighted by atomic mass is 10.2. The lowest BCUT2D eigenvalue weighted by Gasteiger charge is -2.32. The Morgan fingerprint density at radius 1 is 0.704 bits per heavy atom. The average molecular weight is 360 g/mol. The summed E-state index contributed by atoms with van der Waals surface area (Å²) in [4.78, 5) is 6.60. The lowest BCUT2D eigenvalue weighted by molar-refractivity contribution is 0.270. The Morgan fingerprint density at radius 3 is 1.67 bits per heavy atom. The summed E-state index contributed by atoms with van der Waals surface area (Å²) in [5.74, 6) is 1.83. The molecular formula is C23H24N2O2. The van der Waals surface area contributed by atoms with Crippen LogP contribution in [0.25, 0.3) is 0 Å². The molecule has 4 rings (SSSR count). The zero-order valence-corrected chi connectivity index (χ0v) is 15.3. The van der Waals surface area contributed by atoms with Gasteiger partial charge in [-0.2, -0.15) is 0 Å². The van der Waals surface area contributed by atoms with Crippen LogP contribution in [0.5, 0.6) is 11.5 Å². The monoisotopic (exact) mass is 360 g/mol. The van der Waals surface area contributed by atoms with Crippen molar-refractivity contribution in [2.75, 3.05) is 18.1 Å². The van der Waals surface area contributed by atoms with E-state index in [1.807, 2.05) is 73.1 Å². The van der Waals surface area contributed by atoms with E-state index in [1.54, 1.807) is 0 Å². The number of pyridine rings is 1. The van der Waals surface area contributed by atoms with Gasteiger partial charge in [-0.3, -0.25) is 4.98 Å². The van der Waals surface area contributed by atoms with Crippen LogP contribution in [0.4, 0.5) is 5.69 Å². The Morgan fingerprint density at radius 2 is 1.19 bits per heavy atom. The van der Waals surface area contributed by atoms with Crippen LogP contribution in [-0.2, 0) is 0 Å². The number of para-hydroxylation sites is 2. The van der Waals surface area contributed by atoms with Crippen molar-refractivity contribution in [2.24, 2.45) is 0 Å². The molecule has 1 fully saturated rings. The van der Waals surface area contributed by atoms with Crippen molar-refractivity contribution < 1.29 is 9.47 Å². The summed E-state index contributed by atoms with van der Waals surface area (Å²) in [6.45, 7) is 1.32. The van der Waals surface area contributed by atoms with E-state index in [-0.39, 0.29) is 0 Å². The molecule has 2 heterocycles. The second-order valence-corrected chi connectivity index (χ2v) is 6.75. The van der Waals surface area contributed by atoms with E-state index in [0.29, 0.717) is 25.3 Å². The first-order chi connectivity index (χ1) is 13.4. The SMILES string of the molecule is c1ccc(OC[C@H]2CC[C@H](COc3ccccc3)N2c2ccncc2)cc1. The smallest absolute Gasteiger partial charge is 0.119 e. The molecule has 2 aromatic carbocycles. The van der Waals surface area contributed by atoms with Gasteiger partial charge >= 0.3 is 0 Å². The molecular weight excluding hydrogens is 336 g/mol. The number of anilines is 1. The van der Waals surface area contributed by atoms with E-state index in [4.69, 9.17) is 9.47 Å². The summed E-state index contributed by atoms with van der Waals surface area (Å²) >= 11 is 0. The number of rotatable bonds is 7. The fraction of sp³-hybridized carbons (Fsp3) is 0.261. The Labute approximate surface area is 160 Å². The van der Waals surface area contributed by atoms with Crippen LogP contribution in [0.1, 0.15) is 12.8 Å². The van der Waals surface area contributed by atoms with Gasteiger partial charge in [0.25, 0.3) is 0 Å². The van der Waals surface area contributed by atoms with Crippen molar-refractivity contribution in [1.29, 1.82) is 0 Å². The van der Waals surface area contributed by atoms with Gasteiger partial charge in [-0.25, -0.2) is 0 Å². The highest BCUT2D eigenvalue weighted by Gasteiger charge is 2.34. The molecule has 0 aliphatic carbocycles. The fourth-order valence-corrected chi connectivity index (χ4v) is 3.64. The third-order valence-electron chi connectivity index (χ3n) is 4.95. The second kappa shape index (κ2) is 8.58. The van der Waals surface area contributed by atoms with E-state index < -0.39 is 0 Å². The summed E-state index contributed by atoms with van der Waals surface area (Å²) in [7, 11) is 0. The normalized spacial score (nSPS) is 19.0. The van der Waals surface area contributed by atoms with E-state index in [2.05, 4.69) is 22.0 Å². The fourth-order valence-electron chi connectivity index (χ4n) is 3.64. The van der Waals surface area contributed by atoms with Crippen molar-refractivity contribution in [2.45, 2.75) is 24.9 Å². The molecule has 0 bridgehead atoms.